The minimum Gasteiger partial charge on any atom is -0.349 e. The maximum absolute atomic E-state index is 13.1. The molecule has 1 rings (SSSR count). The molecule has 192 valence electrons. The summed E-state index contributed by atoms with van der Waals surface area (Å²) in [6.45, 7) is 5.73. The number of benzene rings is 1. The van der Waals surface area contributed by atoms with Crippen LogP contribution in [-0.2, 0) is 35.2 Å². The first kappa shape index (κ1) is 29.8. The molecule has 0 fully saturated rings. The van der Waals surface area contributed by atoms with E-state index in [9.17, 15) is 28.8 Å². The van der Waals surface area contributed by atoms with Crippen LogP contribution in [0.4, 0.5) is 0 Å². The van der Waals surface area contributed by atoms with Gasteiger partial charge in [0.05, 0.1) is 25.0 Å². The fourth-order valence-corrected chi connectivity index (χ4v) is 3.74. The maximum atomic E-state index is 13.1. The van der Waals surface area contributed by atoms with Crippen LogP contribution in [0.1, 0.15) is 52.5 Å². The van der Waals surface area contributed by atoms with Gasteiger partial charge >= 0.3 is 0 Å². The van der Waals surface area contributed by atoms with Gasteiger partial charge in [-0.05, 0) is 38.2 Å². The number of hydrogen-bond donors (Lipinski definition) is 3. The molecule has 0 radical (unpaired) electrons. The molecule has 0 heterocycles. The summed E-state index contributed by atoms with van der Waals surface area (Å²) in [5.74, 6) is -4.18. The van der Waals surface area contributed by atoms with E-state index < -0.39 is 47.0 Å². The van der Waals surface area contributed by atoms with Gasteiger partial charge in [-0.2, -0.15) is 0 Å². The third kappa shape index (κ3) is 11.2. The maximum Gasteiger partial charge on any atom is 0.234 e. The van der Waals surface area contributed by atoms with Crippen molar-refractivity contribution in [2.75, 3.05) is 13.1 Å². The van der Waals surface area contributed by atoms with E-state index in [1.807, 2.05) is 44.2 Å². The van der Waals surface area contributed by atoms with Crippen molar-refractivity contribution in [3.63, 3.8) is 0 Å². The van der Waals surface area contributed by atoms with Crippen molar-refractivity contribution in [3.05, 3.63) is 35.9 Å². The normalized spacial score (nSPS) is 12.7. The molecule has 0 saturated heterocycles. The fraction of sp³-hybridized carbons (Fsp3) is 0.538. The van der Waals surface area contributed by atoms with E-state index in [1.165, 1.54) is 13.8 Å². The Morgan fingerprint density at radius 3 is 2.03 bits per heavy atom. The number of carbonyl (C=O) groups is 6. The molecule has 2 unspecified atom stereocenters. The molecule has 0 saturated carbocycles. The molecule has 9 nitrogen and oxygen atoms in total. The van der Waals surface area contributed by atoms with Crippen LogP contribution in [0.3, 0.4) is 0 Å². The zero-order valence-electron chi connectivity index (χ0n) is 21.0. The van der Waals surface area contributed by atoms with E-state index in [0.29, 0.717) is 6.42 Å². The average Bonchev–Trinajstić information content (AvgIpc) is 2.79. The van der Waals surface area contributed by atoms with Gasteiger partial charge in [0, 0.05) is 18.8 Å². The number of carbonyl (C=O) groups excluding carboxylic acids is 6. The Kier molecular flexibility index (Phi) is 12.7. The topological polar surface area (TPSA) is 152 Å². The number of ketones is 4. The Bertz CT molecular complexity index is 899. The second kappa shape index (κ2) is 14.9. The predicted molar refractivity (Wildman–Crippen MR) is 131 cm³/mol. The Hall–Kier alpha value is -3.20. The zero-order chi connectivity index (χ0) is 26.5. The van der Waals surface area contributed by atoms with Crippen molar-refractivity contribution in [3.8, 4) is 0 Å². The highest BCUT2D eigenvalue weighted by Gasteiger charge is 2.29. The van der Waals surface area contributed by atoms with E-state index in [-0.39, 0.29) is 44.1 Å². The van der Waals surface area contributed by atoms with Crippen LogP contribution < -0.4 is 16.4 Å². The van der Waals surface area contributed by atoms with Gasteiger partial charge in [0.25, 0.3) is 0 Å². The highest BCUT2D eigenvalue weighted by Crippen LogP contribution is 2.17. The minimum absolute atomic E-state index is 0.122. The minimum atomic E-state index is -1.02. The molecule has 1 aromatic carbocycles. The summed E-state index contributed by atoms with van der Waals surface area (Å²) in [5.41, 5.74) is 6.22. The number of amides is 2. The lowest BCUT2D eigenvalue weighted by atomic mass is 9.89. The third-order valence-corrected chi connectivity index (χ3v) is 5.63. The summed E-state index contributed by atoms with van der Waals surface area (Å²) in [6, 6.07) is 8.38. The molecule has 0 aromatic heterocycles. The first-order chi connectivity index (χ1) is 16.4. The van der Waals surface area contributed by atoms with Crippen LogP contribution in [0.2, 0.25) is 0 Å². The molecule has 2 amide bonds. The Morgan fingerprint density at radius 2 is 1.51 bits per heavy atom. The lowest BCUT2D eigenvalue weighted by Crippen LogP contribution is -2.46. The molecular weight excluding hydrogens is 450 g/mol. The number of rotatable bonds is 16. The first-order valence-electron chi connectivity index (χ1n) is 11.8. The quantitative estimate of drug-likeness (QED) is 0.296. The highest BCUT2D eigenvalue weighted by molar-refractivity contribution is 6.04. The van der Waals surface area contributed by atoms with Gasteiger partial charge in [-0.25, -0.2) is 0 Å². The molecule has 0 spiro atoms. The van der Waals surface area contributed by atoms with Crippen LogP contribution in [0.5, 0.6) is 0 Å². The second-order valence-electron chi connectivity index (χ2n) is 9.25. The van der Waals surface area contributed by atoms with Gasteiger partial charge in [-0.15, -0.1) is 0 Å². The van der Waals surface area contributed by atoms with E-state index in [2.05, 4.69) is 10.6 Å². The average molecular weight is 488 g/mol. The van der Waals surface area contributed by atoms with Crippen molar-refractivity contribution in [2.24, 2.45) is 23.5 Å². The van der Waals surface area contributed by atoms with Crippen molar-refractivity contribution in [1.29, 1.82) is 0 Å². The molecule has 2 atom stereocenters. The molecule has 0 aliphatic heterocycles. The van der Waals surface area contributed by atoms with Crippen molar-refractivity contribution in [1.82, 2.24) is 10.6 Å². The second-order valence-corrected chi connectivity index (χ2v) is 9.25. The molecular formula is C26H37N3O6. The van der Waals surface area contributed by atoms with Crippen molar-refractivity contribution in [2.45, 2.75) is 59.4 Å². The summed E-state index contributed by atoms with van der Waals surface area (Å²) in [5, 5.41) is 5.19. The van der Waals surface area contributed by atoms with Crippen molar-refractivity contribution >= 4 is 34.9 Å². The SMILES string of the molecule is CC(=O)C(CC(=O)CNC(=O)C(CC(=O)C(CC(C)C)NC(=O)CN)Cc1ccccc1)C(C)=O. The monoisotopic (exact) mass is 487 g/mol. The smallest absolute Gasteiger partial charge is 0.234 e. The number of nitrogens with one attached hydrogen (secondary N) is 2. The van der Waals surface area contributed by atoms with Crippen molar-refractivity contribution < 1.29 is 28.8 Å². The first-order valence-corrected chi connectivity index (χ1v) is 11.8. The van der Waals surface area contributed by atoms with Crippen LogP contribution in [0, 0.1) is 17.8 Å². The van der Waals surface area contributed by atoms with Gasteiger partial charge in [0.15, 0.2) is 11.6 Å². The lowest BCUT2D eigenvalue weighted by molar-refractivity contribution is -0.135. The lowest BCUT2D eigenvalue weighted by Gasteiger charge is -2.22. The molecule has 0 aliphatic carbocycles. The van der Waals surface area contributed by atoms with Gasteiger partial charge in [0.2, 0.25) is 11.8 Å². The van der Waals surface area contributed by atoms with E-state index in [1.54, 1.807) is 0 Å². The predicted octanol–water partition coefficient (Wildman–Crippen LogP) is 1.16. The molecule has 4 N–H and O–H groups in total. The Balaban J connectivity index is 2.96. The van der Waals surface area contributed by atoms with E-state index in [0.717, 1.165) is 5.56 Å². The Morgan fingerprint density at radius 1 is 0.914 bits per heavy atom. The van der Waals surface area contributed by atoms with E-state index >= 15 is 0 Å². The van der Waals surface area contributed by atoms with Crippen LogP contribution in [0.15, 0.2) is 30.3 Å². The third-order valence-electron chi connectivity index (χ3n) is 5.63. The number of hydrogen-bond acceptors (Lipinski definition) is 7. The highest BCUT2D eigenvalue weighted by atomic mass is 16.2. The van der Waals surface area contributed by atoms with Gasteiger partial charge in [-0.1, -0.05) is 44.2 Å². The summed E-state index contributed by atoms with van der Waals surface area (Å²) in [4.78, 5) is 73.4. The Labute approximate surface area is 206 Å². The largest absolute Gasteiger partial charge is 0.349 e. The number of Topliss-reactive ketones (excluding diaryl/α,β-unsaturated/α-hetero) is 4. The van der Waals surface area contributed by atoms with E-state index in [4.69, 9.17) is 5.73 Å². The molecule has 0 bridgehead atoms. The number of nitrogens with two attached hydrogens (primary N) is 1. The van der Waals surface area contributed by atoms with Crippen LogP contribution in [-0.4, -0.2) is 54.1 Å². The van der Waals surface area contributed by atoms with Crippen LogP contribution in [0.25, 0.3) is 0 Å². The summed E-state index contributed by atoms with van der Waals surface area (Å²) in [7, 11) is 0. The van der Waals surface area contributed by atoms with Crippen LogP contribution >= 0.6 is 0 Å². The molecule has 1 aromatic rings. The summed E-state index contributed by atoms with van der Waals surface area (Å²) in [6.07, 6.45) is 0.241. The van der Waals surface area contributed by atoms with Gasteiger partial charge in [0.1, 0.15) is 11.6 Å². The fourth-order valence-electron chi connectivity index (χ4n) is 3.74. The molecule has 0 aliphatic rings. The summed E-state index contributed by atoms with van der Waals surface area (Å²) >= 11 is 0. The standard InChI is InChI=1S/C26H37N3O6/c1-16(2)10-23(29-25(34)14-27)24(33)12-20(11-19-8-6-5-7-9-19)26(35)28-15-21(32)13-22(17(3)30)18(4)31/h5-9,16,20,22-23H,10-15,27H2,1-4H3,(H,28,35)(H,29,34). The van der Waals surface area contributed by atoms with Gasteiger partial charge in [-0.3, -0.25) is 28.8 Å². The molecule has 9 heteroatoms. The zero-order valence-corrected chi connectivity index (χ0v) is 21.0. The summed E-state index contributed by atoms with van der Waals surface area (Å²) < 4.78 is 0. The van der Waals surface area contributed by atoms with Gasteiger partial charge < -0.3 is 16.4 Å². The molecule has 35 heavy (non-hydrogen) atoms.